The van der Waals surface area contributed by atoms with E-state index >= 15 is 0 Å². The van der Waals surface area contributed by atoms with Crippen molar-refractivity contribution in [2.75, 3.05) is 6.61 Å². The second kappa shape index (κ2) is 9.55. The summed E-state index contributed by atoms with van der Waals surface area (Å²) in [7, 11) is 0. The number of rotatable bonds is 6. The minimum atomic E-state index is -0.484. The first-order valence-corrected chi connectivity index (χ1v) is 9.13. The molecule has 0 saturated carbocycles. The smallest absolute Gasteiger partial charge is 0.276 e. The van der Waals surface area contributed by atoms with Gasteiger partial charge in [0, 0.05) is 12.1 Å². The molecule has 29 heavy (non-hydrogen) atoms. The Morgan fingerprint density at radius 2 is 1.83 bits per heavy atom. The fourth-order valence-corrected chi connectivity index (χ4v) is 2.90. The van der Waals surface area contributed by atoms with E-state index in [1.165, 1.54) is 0 Å². The maximum absolute atomic E-state index is 12.0. The van der Waals surface area contributed by atoms with Gasteiger partial charge in [-0.3, -0.25) is 25.2 Å². The fourth-order valence-electron chi connectivity index (χ4n) is 2.90. The summed E-state index contributed by atoms with van der Waals surface area (Å²) in [5.74, 6) is -0.264. The lowest BCUT2D eigenvalue weighted by Gasteiger charge is -2.12. The summed E-state index contributed by atoms with van der Waals surface area (Å²) in [5, 5.41) is 9.09. The predicted molar refractivity (Wildman–Crippen MR) is 107 cm³/mol. The molecule has 8 nitrogen and oxygen atoms in total. The molecule has 0 spiro atoms. The molecule has 0 aliphatic heterocycles. The highest BCUT2D eigenvalue weighted by Gasteiger charge is 2.14. The average Bonchev–Trinajstić information content (AvgIpc) is 2.66. The zero-order chi connectivity index (χ0) is 21.6. The van der Waals surface area contributed by atoms with Crippen LogP contribution in [0.4, 0.5) is 0 Å². The molecule has 0 unspecified atom stereocenters. The standard InChI is InChI=1S/C21H24N4O4/c1-12-5-6-13(2)18(9-12)29-11-20(27)25-24-19(26)8-7-16-14(3)17(10-22)21(28)23-15(16)4/h5-6,9H,7-8,11H2,1-4H3,(H,23,28)(H,24,26)(H,25,27). The van der Waals surface area contributed by atoms with E-state index in [4.69, 9.17) is 10.00 Å². The quantitative estimate of drug-likeness (QED) is 0.640. The number of aryl methyl sites for hydroxylation is 3. The van der Waals surface area contributed by atoms with Gasteiger partial charge in [0.05, 0.1) is 0 Å². The number of hydrazine groups is 1. The number of carbonyl (C=O) groups is 2. The number of hydrogen-bond acceptors (Lipinski definition) is 5. The number of carbonyl (C=O) groups excluding carboxylic acids is 2. The van der Waals surface area contributed by atoms with E-state index in [0.717, 1.165) is 16.7 Å². The third-order valence-electron chi connectivity index (χ3n) is 4.57. The number of nitrogens with zero attached hydrogens (tertiary/aromatic N) is 1. The molecular formula is C21H24N4O4. The minimum absolute atomic E-state index is 0.0444. The minimum Gasteiger partial charge on any atom is -0.483 e. The molecule has 0 bridgehead atoms. The summed E-state index contributed by atoms with van der Waals surface area (Å²) in [6, 6.07) is 7.58. The second-order valence-electron chi connectivity index (χ2n) is 6.82. The molecule has 1 aromatic heterocycles. The zero-order valence-electron chi connectivity index (χ0n) is 16.9. The number of nitrogens with one attached hydrogen (secondary N) is 3. The van der Waals surface area contributed by atoms with E-state index in [9.17, 15) is 14.4 Å². The second-order valence-corrected chi connectivity index (χ2v) is 6.82. The van der Waals surface area contributed by atoms with Crippen molar-refractivity contribution in [3.63, 3.8) is 0 Å². The van der Waals surface area contributed by atoms with E-state index in [2.05, 4.69) is 15.8 Å². The number of nitriles is 1. The number of amides is 2. The Morgan fingerprint density at radius 3 is 2.52 bits per heavy atom. The van der Waals surface area contributed by atoms with Gasteiger partial charge >= 0.3 is 0 Å². The number of benzene rings is 1. The summed E-state index contributed by atoms with van der Waals surface area (Å²) < 4.78 is 5.48. The molecule has 2 rings (SSSR count). The molecule has 0 aliphatic carbocycles. The molecule has 2 amide bonds. The van der Waals surface area contributed by atoms with Gasteiger partial charge in [0.2, 0.25) is 5.91 Å². The van der Waals surface area contributed by atoms with Crippen molar-refractivity contribution in [2.24, 2.45) is 0 Å². The van der Waals surface area contributed by atoms with Gasteiger partial charge in [0.15, 0.2) is 6.61 Å². The fraction of sp³-hybridized carbons (Fsp3) is 0.333. The van der Waals surface area contributed by atoms with Gasteiger partial charge in [-0.05, 0) is 62.4 Å². The average molecular weight is 396 g/mol. The van der Waals surface area contributed by atoms with Crippen LogP contribution in [0.1, 0.15) is 39.9 Å². The summed E-state index contributed by atoms with van der Waals surface area (Å²) in [6.07, 6.45) is 0.403. The van der Waals surface area contributed by atoms with Crippen LogP contribution in [0.3, 0.4) is 0 Å². The Kier molecular flexibility index (Phi) is 7.15. The number of H-pyrrole nitrogens is 1. The van der Waals surface area contributed by atoms with Crippen molar-refractivity contribution in [3.8, 4) is 11.8 Å². The van der Waals surface area contributed by atoms with Gasteiger partial charge < -0.3 is 9.72 Å². The molecule has 0 atom stereocenters. The van der Waals surface area contributed by atoms with Crippen LogP contribution >= 0.6 is 0 Å². The molecule has 0 aliphatic rings. The number of aromatic amines is 1. The highest BCUT2D eigenvalue weighted by Crippen LogP contribution is 2.18. The molecule has 3 N–H and O–H groups in total. The lowest BCUT2D eigenvalue weighted by molar-refractivity contribution is -0.130. The van der Waals surface area contributed by atoms with Crippen LogP contribution in [0, 0.1) is 39.0 Å². The first kappa shape index (κ1) is 21.7. The Bertz CT molecular complexity index is 1030. The number of hydrogen-bond donors (Lipinski definition) is 3. The van der Waals surface area contributed by atoms with Crippen LogP contribution in [0.15, 0.2) is 23.0 Å². The van der Waals surface area contributed by atoms with Gasteiger partial charge in [-0.15, -0.1) is 0 Å². The summed E-state index contributed by atoms with van der Waals surface area (Å²) in [4.78, 5) is 38.3. The van der Waals surface area contributed by atoms with Crippen LogP contribution < -0.4 is 21.1 Å². The van der Waals surface area contributed by atoms with Crippen molar-refractivity contribution in [1.29, 1.82) is 5.26 Å². The largest absolute Gasteiger partial charge is 0.483 e. The van der Waals surface area contributed by atoms with Gasteiger partial charge in [0.25, 0.3) is 11.5 Å². The van der Waals surface area contributed by atoms with Crippen molar-refractivity contribution < 1.29 is 14.3 Å². The highest BCUT2D eigenvalue weighted by atomic mass is 16.5. The van der Waals surface area contributed by atoms with E-state index in [1.807, 2.05) is 38.1 Å². The third-order valence-corrected chi connectivity index (χ3v) is 4.57. The van der Waals surface area contributed by atoms with Crippen LogP contribution in [0.5, 0.6) is 5.75 Å². The monoisotopic (exact) mass is 396 g/mol. The molecule has 0 saturated heterocycles. The van der Waals surface area contributed by atoms with Gasteiger partial charge in [-0.25, -0.2) is 0 Å². The normalized spacial score (nSPS) is 10.2. The van der Waals surface area contributed by atoms with Crippen LogP contribution in [0.25, 0.3) is 0 Å². The molecule has 152 valence electrons. The third kappa shape index (κ3) is 5.69. The Labute approximate surface area is 168 Å². The number of pyridine rings is 1. The molecule has 0 radical (unpaired) electrons. The van der Waals surface area contributed by atoms with Crippen molar-refractivity contribution in [3.05, 3.63) is 62.1 Å². The lowest BCUT2D eigenvalue weighted by atomic mass is 9.99. The SMILES string of the molecule is Cc1ccc(C)c(OCC(=O)NNC(=O)CCc2c(C)[nH]c(=O)c(C#N)c2C)c1. The molecule has 2 aromatic rings. The number of ether oxygens (including phenoxy) is 1. The van der Waals surface area contributed by atoms with E-state index in [1.54, 1.807) is 13.8 Å². The summed E-state index contributed by atoms with van der Waals surface area (Å²) in [5.41, 5.74) is 8.10. The lowest BCUT2D eigenvalue weighted by Crippen LogP contribution is -2.44. The van der Waals surface area contributed by atoms with E-state index in [0.29, 0.717) is 23.4 Å². The molecule has 8 heteroatoms. The zero-order valence-corrected chi connectivity index (χ0v) is 16.9. The van der Waals surface area contributed by atoms with Crippen molar-refractivity contribution in [2.45, 2.75) is 40.5 Å². The van der Waals surface area contributed by atoms with Gasteiger partial charge in [0.1, 0.15) is 17.4 Å². The maximum atomic E-state index is 12.0. The van der Waals surface area contributed by atoms with Crippen molar-refractivity contribution in [1.82, 2.24) is 15.8 Å². The topological polar surface area (TPSA) is 124 Å². The molecule has 1 aromatic carbocycles. The maximum Gasteiger partial charge on any atom is 0.276 e. The highest BCUT2D eigenvalue weighted by molar-refractivity contribution is 5.82. The van der Waals surface area contributed by atoms with Gasteiger partial charge in [-0.1, -0.05) is 12.1 Å². The van der Waals surface area contributed by atoms with Crippen molar-refractivity contribution >= 4 is 11.8 Å². The first-order chi connectivity index (χ1) is 13.7. The Morgan fingerprint density at radius 1 is 1.14 bits per heavy atom. The molecular weight excluding hydrogens is 372 g/mol. The first-order valence-electron chi connectivity index (χ1n) is 9.13. The van der Waals surface area contributed by atoms with Crippen LogP contribution in [-0.2, 0) is 16.0 Å². The van der Waals surface area contributed by atoms with Crippen LogP contribution in [0.2, 0.25) is 0 Å². The van der Waals surface area contributed by atoms with E-state index in [-0.39, 0.29) is 18.6 Å². The molecule has 0 fully saturated rings. The van der Waals surface area contributed by atoms with Gasteiger partial charge in [-0.2, -0.15) is 5.26 Å². The van der Waals surface area contributed by atoms with E-state index < -0.39 is 17.4 Å². The summed E-state index contributed by atoms with van der Waals surface area (Å²) in [6.45, 7) is 6.98. The van der Waals surface area contributed by atoms with Crippen LogP contribution in [-0.4, -0.2) is 23.4 Å². The molecule has 1 heterocycles. The Balaban J connectivity index is 1.85. The predicted octanol–water partition coefficient (Wildman–Crippen LogP) is 1.64. The number of aromatic nitrogens is 1. The Hall–Kier alpha value is -3.60. The summed E-state index contributed by atoms with van der Waals surface area (Å²) >= 11 is 0.